The van der Waals surface area contributed by atoms with Crippen LogP contribution in [0, 0.1) is 0 Å². The standard InChI is InChI=1S/C8H10F4N2O2/c9-6(10)8(11,12)7(16)13-3-4-1-2-5(15)14-4/h4,6H,1-3H2,(H,13,16)(H,14,15). The first kappa shape index (κ1) is 12.7. The van der Waals surface area contributed by atoms with Crippen molar-refractivity contribution in [2.24, 2.45) is 0 Å². The number of hydrogen-bond acceptors (Lipinski definition) is 2. The van der Waals surface area contributed by atoms with Crippen molar-refractivity contribution in [3.8, 4) is 0 Å². The maximum absolute atomic E-state index is 12.4. The van der Waals surface area contributed by atoms with Crippen molar-refractivity contribution < 1.29 is 27.2 Å². The third kappa shape index (κ3) is 2.83. The first-order valence-electron chi connectivity index (χ1n) is 4.57. The highest BCUT2D eigenvalue weighted by molar-refractivity contribution is 5.84. The predicted molar refractivity (Wildman–Crippen MR) is 45.1 cm³/mol. The summed E-state index contributed by atoms with van der Waals surface area (Å²) >= 11 is 0. The molecule has 0 saturated carbocycles. The average Bonchev–Trinajstić information content (AvgIpc) is 2.60. The number of carbonyl (C=O) groups is 2. The molecule has 0 aliphatic carbocycles. The molecular formula is C8H10F4N2O2. The Morgan fingerprint density at radius 1 is 1.56 bits per heavy atom. The average molecular weight is 242 g/mol. The van der Waals surface area contributed by atoms with Gasteiger partial charge in [0.15, 0.2) is 0 Å². The van der Waals surface area contributed by atoms with Gasteiger partial charge in [-0.15, -0.1) is 0 Å². The molecule has 1 rings (SSSR count). The normalized spacial score (nSPS) is 21.1. The smallest absolute Gasteiger partial charge is 0.352 e. The van der Waals surface area contributed by atoms with E-state index in [0.29, 0.717) is 6.42 Å². The van der Waals surface area contributed by atoms with Crippen LogP contribution in [0.1, 0.15) is 12.8 Å². The lowest BCUT2D eigenvalue weighted by atomic mass is 10.2. The number of hydrogen-bond donors (Lipinski definition) is 2. The lowest BCUT2D eigenvalue weighted by Crippen LogP contribution is -2.48. The molecule has 2 amide bonds. The van der Waals surface area contributed by atoms with E-state index >= 15 is 0 Å². The van der Waals surface area contributed by atoms with Gasteiger partial charge < -0.3 is 10.6 Å². The molecule has 1 saturated heterocycles. The number of carbonyl (C=O) groups excluding carboxylic acids is 2. The van der Waals surface area contributed by atoms with Crippen molar-refractivity contribution in [1.82, 2.24) is 10.6 Å². The highest BCUT2D eigenvalue weighted by Crippen LogP contribution is 2.22. The van der Waals surface area contributed by atoms with Gasteiger partial charge >= 0.3 is 12.3 Å². The highest BCUT2D eigenvalue weighted by atomic mass is 19.3. The SMILES string of the molecule is O=C1CCC(CNC(=O)C(F)(F)C(F)F)N1. The summed E-state index contributed by atoms with van der Waals surface area (Å²) in [5.41, 5.74) is 0. The van der Waals surface area contributed by atoms with Crippen molar-refractivity contribution in [2.75, 3.05) is 6.54 Å². The summed E-state index contributed by atoms with van der Waals surface area (Å²) in [6.45, 7) is -0.271. The molecule has 0 aromatic carbocycles. The van der Waals surface area contributed by atoms with E-state index in [9.17, 15) is 27.2 Å². The second-order valence-electron chi connectivity index (χ2n) is 3.44. The molecule has 8 heteroatoms. The molecule has 0 bridgehead atoms. The topological polar surface area (TPSA) is 58.2 Å². The van der Waals surface area contributed by atoms with E-state index < -0.39 is 24.3 Å². The zero-order valence-electron chi connectivity index (χ0n) is 8.10. The maximum atomic E-state index is 12.4. The molecule has 1 heterocycles. The van der Waals surface area contributed by atoms with Crippen molar-refractivity contribution in [1.29, 1.82) is 0 Å². The third-order valence-corrected chi connectivity index (χ3v) is 2.17. The minimum absolute atomic E-state index is 0.242. The molecule has 0 radical (unpaired) electrons. The molecule has 1 atom stereocenters. The Balaban J connectivity index is 2.38. The summed E-state index contributed by atoms with van der Waals surface area (Å²) in [4.78, 5) is 21.4. The lowest BCUT2D eigenvalue weighted by molar-refractivity contribution is -0.169. The molecule has 0 aromatic rings. The highest BCUT2D eigenvalue weighted by Gasteiger charge is 2.48. The van der Waals surface area contributed by atoms with Crippen molar-refractivity contribution in [2.45, 2.75) is 31.2 Å². The molecule has 1 unspecified atom stereocenters. The van der Waals surface area contributed by atoms with Crippen LogP contribution in [0.3, 0.4) is 0 Å². The third-order valence-electron chi connectivity index (χ3n) is 2.17. The van der Waals surface area contributed by atoms with Crippen LogP contribution in [-0.4, -0.2) is 36.7 Å². The number of nitrogens with one attached hydrogen (secondary N) is 2. The van der Waals surface area contributed by atoms with E-state index in [1.807, 2.05) is 0 Å². The Morgan fingerprint density at radius 2 is 2.19 bits per heavy atom. The monoisotopic (exact) mass is 242 g/mol. The zero-order valence-corrected chi connectivity index (χ0v) is 8.10. The summed E-state index contributed by atoms with van der Waals surface area (Å²) < 4.78 is 48.4. The van der Waals surface area contributed by atoms with Crippen LogP contribution in [-0.2, 0) is 9.59 Å². The second-order valence-corrected chi connectivity index (χ2v) is 3.44. The van der Waals surface area contributed by atoms with Crippen molar-refractivity contribution in [3.05, 3.63) is 0 Å². The van der Waals surface area contributed by atoms with E-state index in [-0.39, 0.29) is 18.9 Å². The fraction of sp³-hybridized carbons (Fsp3) is 0.750. The van der Waals surface area contributed by atoms with Gasteiger partial charge in [-0.25, -0.2) is 8.78 Å². The van der Waals surface area contributed by atoms with Gasteiger partial charge in [0.25, 0.3) is 5.91 Å². The Hall–Kier alpha value is -1.34. The van der Waals surface area contributed by atoms with Gasteiger partial charge in [0.1, 0.15) is 0 Å². The summed E-state index contributed by atoms with van der Waals surface area (Å²) in [7, 11) is 0. The van der Waals surface area contributed by atoms with Gasteiger partial charge in [0.05, 0.1) is 0 Å². The fourth-order valence-corrected chi connectivity index (χ4v) is 1.26. The van der Waals surface area contributed by atoms with Crippen LogP contribution in [0.4, 0.5) is 17.6 Å². The molecule has 1 aliphatic rings. The van der Waals surface area contributed by atoms with E-state index in [1.54, 1.807) is 5.32 Å². The number of alkyl halides is 4. The minimum Gasteiger partial charge on any atom is -0.352 e. The molecule has 16 heavy (non-hydrogen) atoms. The molecule has 0 spiro atoms. The van der Waals surface area contributed by atoms with Gasteiger partial charge in [-0.05, 0) is 6.42 Å². The predicted octanol–water partition coefficient (Wildman–Crippen LogP) is 0.282. The van der Waals surface area contributed by atoms with Gasteiger partial charge in [0, 0.05) is 19.0 Å². The molecule has 2 N–H and O–H groups in total. The summed E-state index contributed by atoms with van der Waals surface area (Å²) in [5.74, 6) is -6.97. The Morgan fingerprint density at radius 3 is 2.62 bits per heavy atom. The van der Waals surface area contributed by atoms with Crippen LogP contribution >= 0.6 is 0 Å². The van der Waals surface area contributed by atoms with E-state index in [4.69, 9.17) is 0 Å². The lowest BCUT2D eigenvalue weighted by Gasteiger charge is -2.16. The number of rotatable bonds is 4. The summed E-state index contributed by atoms with van der Waals surface area (Å²) in [5, 5.41) is 4.09. The Kier molecular flexibility index (Phi) is 3.71. The van der Waals surface area contributed by atoms with Crippen molar-refractivity contribution >= 4 is 11.8 Å². The second kappa shape index (κ2) is 4.67. The zero-order chi connectivity index (χ0) is 12.3. The molecule has 92 valence electrons. The quantitative estimate of drug-likeness (QED) is 0.696. The van der Waals surface area contributed by atoms with Crippen LogP contribution < -0.4 is 10.6 Å². The molecule has 1 aliphatic heterocycles. The summed E-state index contributed by atoms with van der Waals surface area (Å²) in [6, 6.07) is -0.468. The van der Waals surface area contributed by atoms with Crippen LogP contribution in [0.25, 0.3) is 0 Å². The van der Waals surface area contributed by atoms with E-state index in [1.165, 1.54) is 0 Å². The Labute approximate surface area is 88.4 Å². The molecular weight excluding hydrogens is 232 g/mol. The molecule has 1 fully saturated rings. The minimum atomic E-state index is -4.69. The van der Waals surface area contributed by atoms with Gasteiger partial charge in [-0.3, -0.25) is 9.59 Å². The number of amides is 2. The van der Waals surface area contributed by atoms with E-state index in [2.05, 4.69) is 5.32 Å². The fourth-order valence-electron chi connectivity index (χ4n) is 1.26. The number of halogens is 4. The first-order valence-corrected chi connectivity index (χ1v) is 4.57. The van der Waals surface area contributed by atoms with Crippen LogP contribution in [0.2, 0.25) is 0 Å². The van der Waals surface area contributed by atoms with E-state index in [0.717, 1.165) is 0 Å². The van der Waals surface area contributed by atoms with Gasteiger partial charge in [-0.2, -0.15) is 8.78 Å². The van der Waals surface area contributed by atoms with Gasteiger partial charge in [-0.1, -0.05) is 0 Å². The van der Waals surface area contributed by atoms with Crippen LogP contribution in [0.15, 0.2) is 0 Å². The first-order chi connectivity index (χ1) is 7.34. The maximum Gasteiger partial charge on any atom is 0.383 e. The summed E-state index contributed by atoms with van der Waals surface area (Å²) in [6.07, 6.45) is -3.41. The van der Waals surface area contributed by atoms with Crippen molar-refractivity contribution in [3.63, 3.8) is 0 Å². The Bertz CT molecular complexity index is 296. The van der Waals surface area contributed by atoms with Crippen LogP contribution in [0.5, 0.6) is 0 Å². The largest absolute Gasteiger partial charge is 0.383 e. The van der Waals surface area contributed by atoms with Gasteiger partial charge in [0.2, 0.25) is 5.91 Å². The molecule has 0 aromatic heterocycles. The molecule has 4 nitrogen and oxygen atoms in total.